The summed E-state index contributed by atoms with van der Waals surface area (Å²) >= 11 is 1.32. The fourth-order valence-corrected chi connectivity index (χ4v) is 4.83. The molecular weight excluding hydrogens is 448 g/mol. The molecule has 0 aliphatic carbocycles. The van der Waals surface area contributed by atoms with E-state index < -0.39 is 0 Å². The SMILES string of the molecule is C[C@H]1CC(=O)Nc2ccccc2N1C(=O)CSc1nnc(-c2cccnc2)n1-c1ccccc1. The van der Waals surface area contributed by atoms with Crippen molar-refractivity contribution < 1.29 is 9.59 Å². The van der Waals surface area contributed by atoms with Gasteiger partial charge in [0.05, 0.1) is 17.1 Å². The van der Waals surface area contributed by atoms with Crippen LogP contribution in [0.25, 0.3) is 17.1 Å². The van der Waals surface area contributed by atoms with Gasteiger partial charge in [0.15, 0.2) is 11.0 Å². The normalized spacial score (nSPS) is 15.4. The minimum atomic E-state index is -0.269. The number of fused-ring (bicyclic) bond motifs is 1. The molecule has 0 saturated heterocycles. The Morgan fingerprint density at radius 2 is 1.85 bits per heavy atom. The Labute approximate surface area is 201 Å². The summed E-state index contributed by atoms with van der Waals surface area (Å²) in [5.41, 5.74) is 3.06. The first kappa shape index (κ1) is 21.8. The van der Waals surface area contributed by atoms with Gasteiger partial charge in [0, 0.05) is 36.1 Å². The predicted octanol–water partition coefficient (Wildman–Crippen LogP) is 4.19. The van der Waals surface area contributed by atoms with Gasteiger partial charge in [0.25, 0.3) is 0 Å². The Kier molecular flexibility index (Phi) is 6.09. The molecule has 1 aliphatic rings. The Hall–Kier alpha value is -3.98. The minimum absolute atomic E-state index is 0.104. The molecule has 1 atom stereocenters. The summed E-state index contributed by atoms with van der Waals surface area (Å²) in [7, 11) is 0. The Morgan fingerprint density at radius 1 is 1.06 bits per heavy atom. The van der Waals surface area contributed by atoms with Gasteiger partial charge in [-0.25, -0.2) is 0 Å². The highest BCUT2D eigenvalue weighted by Crippen LogP contribution is 2.33. The topological polar surface area (TPSA) is 93.0 Å². The van der Waals surface area contributed by atoms with E-state index in [1.165, 1.54) is 11.8 Å². The van der Waals surface area contributed by atoms with Gasteiger partial charge in [-0.2, -0.15) is 0 Å². The van der Waals surface area contributed by atoms with E-state index in [0.717, 1.165) is 11.3 Å². The van der Waals surface area contributed by atoms with E-state index in [0.29, 0.717) is 22.4 Å². The summed E-state index contributed by atoms with van der Waals surface area (Å²) in [6, 6.07) is 20.7. The molecule has 5 rings (SSSR count). The monoisotopic (exact) mass is 470 g/mol. The lowest BCUT2D eigenvalue weighted by molar-refractivity contribution is -0.117. The number of hydrogen-bond acceptors (Lipinski definition) is 6. The maximum atomic E-state index is 13.4. The van der Waals surface area contributed by atoms with Crippen molar-refractivity contribution >= 4 is 35.0 Å². The second-order valence-corrected chi connectivity index (χ2v) is 8.83. The van der Waals surface area contributed by atoms with Gasteiger partial charge in [-0.3, -0.25) is 19.1 Å². The number of amides is 2. The molecule has 4 aromatic rings. The molecular formula is C25H22N6O2S. The van der Waals surface area contributed by atoms with Gasteiger partial charge in [-0.15, -0.1) is 10.2 Å². The second-order valence-electron chi connectivity index (χ2n) is 7.89. The van der Waals surface area contributed by atoms with E-state index in [4.69, 9.17) is 0 Å². The lowest BCUT2D eigenvalue weighted by Gasteiger charge is -2.27. The number of rotatable bonds is 5. The molecule has 0 bridgehead atoms. The lowest BCUT2D eigenvalue weighted by Crippen LogP contribution is -2.40. The Balaban J connectivity index is 1.45. The summed E-state index contributed by atoms with van der Waals surface area (Å²) in [4.78, 5) is 31.6. The van der Waals surface area contributed by atoms with Crippen molar-refractivity contribution in [2.75, 3.05) is 16.0 Å². The van der Waals surface area contributed by atoms with Crippen LogP contribution >= 0.6 is 11.8 Å². The van der Waals surface area contributed by atoms with Crippen LogP contribution < -0.4 is 10.2 Å². The van der Waals surface area contributed by atoms with Crippen LogP contribution in [-0.4, -0.2) is 43.4 Å². The van der Waals surface area contributed by atoms with Crippen molar-refractivity contribution in [1.29, 1.82) is 0 Å². The maximum Gasteiger partial charge on any atom is 0.237 e. The van der Waals surface area contributed by atoms with Gasteiger partial charge in [0.1, 0.15) is 0 Å². The van der Waals surface area contributed by atoms with Crippen molar-refractivity contribution in [2.45, 2.75) is 24.5 Å². The first-order valence-corrected chi connectivity index (χ1v) is 11.9. The van der Waals surface area contributed by atoms with E-state index in [9.17, 15) is 9.59 Å². The maximum absolute atomic E-state index is 13.4. The number of carbonyl (C=O) groups excluding carboxylic acids is 2. The minimum Gasteiger partial charge on any atom is -0.324 e. The zero-order valence-electron chi connectivity index (χ0n) is 18.5. The van der Waals surface area contributed by atoms with Gasteiger partial charge in [-0.1, -0.05) is 42.1 Å². The largest absolute Gasteiger partial charge is 0.324 e. The summed E-state index contributed by atoms with van der Waals surface area (Å²) in [5, 5.41) is 12.3. The fourth-order valence-electron chi connectivity index (χ4n) is 4.02. The number of nitrogens with one attached hydrogen (secondary N) is 1. The molecule has 34 heavy (non-hydrogen) atoms. The van der Waals surface area contributed by atoms with Crippen LogP contribution in [0.2, 0.25) is 0 Å². The smallest absolute Gasteiger partial charge is 0.237 e. The summed E-state index contributed by atoms with van der Waals surface area (Å²) in [6.07, 6.45) is 3.68. The molecule has 170 valence electrons. The van der Waals surface area contributed by atoms with Gasteiger partial charge >= 0.3 is 0 Å². The third-order valence-electron chi connectivity index (χ3n) is 5.52. The van der Waals surface area contributed by atoms with Crippen LogP contribution in [0.3, 0.4) is 0 Å². The molecule has 0 unspecified atom stereocenters. The molecule has 0 radical (unpaired) electrons. The number of para-hydroxylation sites is 3. The summed E-state index contributed by atoms with van der Waals surface area (Å²) in [6.45, 7) is 1.89. The van der Waals surface area contributed by atoms with Crippen LogP contribution in [0.4, 0.5) is 11.4 Å². The van der Waals surface area contributed by atoms with Crippen LogP contribution in [0.15, 0.2) is 84.3 Å². The zero-order valence-corrected chi connectivity index (χ0v) is 19.3. The van der Waals surface area contributed by atoms with Crippen LogP contribution in [0.1, 0.15) is 13.3 Å². The molecule has 2 amide bonds. The van der Waals surface area contributed by atoms with Crippen molar-refractivity contribution in [3.8, 4) is 17.1 Å². The van der Waals surface area contributed by atoms with Gasteiger partial charge in [0.2, 0.25) is 11.8 Å². The van der Waals surface area contributed by atoms with E-state index >= 15 is 0 Å². The van der Waals surface area contributed by atoms with Crippen LogP contribution in [0.5, 0.6) is 0 Å². The third kappa shape index (κ3) is 4.29. The van der Waals surface area contributed by atoms with E-state index in [1.54, 1.807) is 17.3 Å². The number of benzene rings is 2. The van der Waals surface area contributed by atoms with Gasteiger partial charge in [-0.05, 0) is 43.3 Å². The van der Waals surface area contributed by atoms with Crippen LogP contribution in [-0.2, 0) is 9.59 Å². The Morgan fingerprint density at radius 3 is 2.65 bits per heavy atom. The molecule has 0 fully saturated rings. The van der Waals surface area contributed by atoms with E-state index in [2.05, 4.69) is 20.5 Å². The molecule has 0 saturated carbocycles. The Bertz CT molecular complexity index is 1330. The second kappa shape index (κ2) is 9.48. The third-order valence-corrected chi connectivity index (χ3v) is 6.43. The van der Waals surface area contributed by atoms with Crippen molar-refractivity contribution in [2.24, 2.45) is 0 Å². The average Bonchev–Trinajstić information content (AvgIpc) is 3.23. The van der Waals surface area contributed by atoms with Crippen molar-refractivity contribution in [1.82, 2.24) is 19.7 Å². The lowest BCUT2D eigenvalue weighted by atomic mass is 10.2. The van der Waals surface area contributed by atoms with E-state index in [-0.39, 0.29) is 30.0 Å². The molecule has 9 heteroatoms. The van der Waals surface area contributed by atoms with Crippen molar-refractivity contribution in [3.05, 3.63) is 79.1 Å². The predicted molar refractivity (Wildman–Crippen MR) is 132 cm³/mol. The van der Waals surface area contributed by atoms with Gasteiger partial charge < -0.3 is 10.2 Å². The number of hydrogen-bond donors (Lipinski definition) is 1. The highest BCUT2D eigenvalue weighted by molar-refractivity contribution is 7.99. The molecule has 1 N–H and O–H groups in total. The standard InChI is InChI=1S/C25H22N6O2S/c1-17-14-22(32)27-20-11-5-6-12-21(20)30(17)23(33)16-34-25-29-28-24(18-8-7-13-26-15-18)31(25)19-9-3-2-4-10-19/h2-13,15,17H,14,16H2,1H3,(H,27,32)/t17-/m0/s1. The summed E-state index contributed by atoms with van der Waals surface area (Å²) in [5.74, 6) is 0.586. The van der Waals surface area contributed by atoms with Crippen molar-refractivity contribution in [3.63, 3.8) is 0 Å². The summed E-state index contributed by atoms with van der Waals surface area (Å²) < 4.78 is 1.93. The number of aromatic nitrogens is 4. The number of nitrogens with zero attached hydrogens (tertiary/aromatic N) is 5. The molecule has 3 heterocycles. The quantitative estimate of drug-likeness (QED) is 0.440. The fraction of sp³-hybridized carbons (Fsp3) is 0.160. The highest BCUT2D eigenvalue weighted by atomic mass is 32.2. The number of anilines is 2. The molecule has 2 aromatic heterocycles. The number of pyridine rings is 1. The number of carbonyl (C=O) groups is 2. The molecule has 2 aromatic carbocycles. The highest BCUT2D eigenvalue weighted by Gasteiger charge is 2.30. The molecule has 8 nitrogen and oxygen atoms in total. The molecule has 1 aliphatic heterocycles. The van der Waals surface area contributed by atoms with E-state index in [1.807, 2.05) is 78.2 Å². The first-order valence-electron chi connectivity index (χ1n) is 10.9. The average molecular weight is 471 g/mol. The molecule has 0 spiro atoms. The first-order chi connectivity index (χ1) is 16.6. The zero-order chi connectivity index (χ0) is 23.5. The van der Waals surface area contributed by atoms with Crippen LogP contribution in [0, 0.1) is 0 Å². The number of thioether (sulfide) groups is 1.